The summed E-state index contributed by atoms with van der Waals surface area (Å²) >= 11 is 0. The number of nitrogens with one attached hydrogen (secondary N) is 1. The Morgan fingerprint density at radius 3 is 2.68 bits per heavy atom. The van der Waals surface area contributed by atoms with Crippen LogP contribution in [0, 0.1) is 5.92 Å². The first-order valence-electron chi connectivity index (χ1n) is 6.78. The zero-order valence-corrected chi connectivity index (χ0v) is 11.5. The van der Waals surface area contributed by atoms with Gasteiger partial charge in [-0.25, -0.2) is 0 Å². The summed E-state index contributed by atoms with van der Waals surface area (Å²) in [5, 5.41) is 13.6. The molecule has 1 aliphatic heterocycles. The molecule has 0 aromatic heterocycles. The summed E-state index contributed by atoms with van der Waals surface area (Å²) in [4.78, 5) is 12.0. The number of benzene rings is 1. The Bertz CT molecular complexity index is 473. The first-order chi connectivity index (χ1) is 9.03. The van der Waals surface area contributed by atoms with Gasteiger partial charge in [-0.05, 0) is 26.3 Å². The molecule has 3 nitrogen and oxygen atoms in total. The number of aliphatic hydroxyl groups is 1. The van der Waals surface area contributed by atoms with Crippen LogP contribution in [0.3, 0.4) is 0 Å². The highest BCUT2D eigenvalue weighted by molar-refractivity contribution is 6.04. The smallest absolute Gasteiger partial charge is 0.189 e. The van der Waals surface area contributed by atoms with Gasteiger partial charge in [0.1, 0.15) is 5.76 Å². The van der Waals surface area contributed by atoms with Gasteiger partial charge >= 0.3 is 0 Å². The van der Waals surface area contributed by atoms with E-state index in [9.17, 15) is 9.90 Å². The van der Waals surface area contributed by atoms with E-state index >= 15 is 0 Å². The van der Waals surface area contributed by atoms with Crippen LogP contribution in [0.2, 0.25) is 0 Å². The zero-order chi connectivity index (χ0) is 13.9. The maximum atomic E-state index is 12.0. The van der Waals surface area contributed by atoms with Crippen molar-refractivity contribution < 1.29 is 9.90 Å². The highest BCUT2D eigenvalue weighted by Crippen LogP contribution is 2.31. The normalized spacial score (nSPS) is 25.3. The summed E-state index contributed by atoms with van der Waals surface area (Å²) in [6, 6.07) is 9.02. The van der Waals surface area contributed by atoms with Crippen molar-refractivity contribution in [3.8, 4) is 0 Å². The zero-order valence-electron chi connectivity index (χ0n) is 11.5. The van der Waals surface area contributed by atoms with E-state index in [1.54, 1.807) is 12.1 Å². The van der Waals surface area contributed by atoms with Crippen LogP contribution in [0.1, 0.15) is 37.0 Å². The summed E-state index contributed by atoms with van der Waals surface area (Å²) in [5.41, 5.74) is 0.489. The first kappa shape index (κ1) is 13.8. The second-order valence-electron chi connectivity index (χ2n) is 5.47. The van der Waals surface area contributed by atoms with E-state index in [4.69, 9.17) is 0 Å². The van der Waals surface area contributed by atoms with Gasteiger partial charge in [0.15, 0.2) is 5.78 Å². The predicted molar refractivity (Wildman–Crippen MR) is 76.3 cm³/mol. The number of carbonyl (C=O) groups is 1. The van der Waals surface area contributed by atoms with Crippen molar-refractivity contribution >= 4 is 5.78 Å². The molecule has 1 saturated heterocycles. The minimum absolute atomic E-state index is 0.0670. The molecule has 1 unspecified atom stereocenters. The summed E-state index contributed by atoms with van der Waals surface area (Å²) in [7, 11) is 0. The van der Waals surface area contributed by atoms with E-state index < -0.39 is 0 Å². The van der Waals surface area contributed by atoms with Gasteiger partial charge in [-0.2, -0.15) is 0 Å². The lowest BCUT2D eigenvalue weighted by Gasteiger charge is -2.31. The van der Waals surface area contributed by atoms with Gasteiger partial charge in [0, 0.05) is 23.1 Å². The molecule has 0 saturated carbocycles. The fourth-order valence-corrected chi connectivity index (χ4v) is 2.56. The van der Waals surface area contributed by atoms with E-state index in [1.807, 2.05) is 25.1 Å². The van der Waals surface area contributed by atoms with Crippen LogP contribution >= 0.6 is 0 Å². The molecule has 19 heavy (non-hydrogen) atoms. The first-order valence-corrected chi connectivity index (χ1v) is 6.78. The van der Waals surface area contributed by atoms with Gasteiger partial charge in [-0.1, -0.05) is 37.3 Å². The molecular formula is C16H21NO2. The van der Waals surface area contributed by atoms with Crippen LogP contribution in [0.4, 0.5) is 0 Å². The van der Waals surface area contributed by atoms with E-state index in [-0.39, 0.29) is 23.0 Å². The van der Waals surface area contributed by atoms with Crippen molar-refractivity contribution in [3.63, 3.8) is 0 Å². The third-order valence-electron chi connectivity index (χ3n) is 4.14. The van der Waals surface area contributed by atoms with Crippen LogP contribution in [0.25, 0.3) is 0 Å². The number of carbonyl (C=O) groups excluding carboxylic acids is 1. The SMILES string of the molecule is CC(/C(O)=C/C(=O)c1ccccc1)[C@@]1(C)CCCN1. The van der Waals surface area contributed by atoms with Gasteiger partial charge in [-0.15, -0.1) is 0 Å². The third-order valence-corrected chi connectivity index (χ3v) is 4.14. The van der Waals surface area contributed by atoms with Crippen LogP contribution < -0.4 is 5.32 Å². The molecule has 1 aromatic carbocycles. The maximum Gasteiger partial charge on any atom is 0.189 e. The van der Waals surface area contributed by atoms with E-state index in [0.29, 0.717) is 5.56 Å². The number of allylic oxidation sites excluding steroid dienone is 1. The molecule has 1 heterocycles. The fraction of sp³-hybridized carbons (Fsp3) is 0.438. The molecular weight excluding hydrogens is 238 g/mol. The molecule has 102 valence electrons. The summed E-state index contributed by atoms with van der Waals surface area (Å²) < 4.78 is 0. The van der Waals surface area contributed by atoms with Crippen molar-refractivity contribution in [2.24, 2.45) is 5.92 Å². The molecule has 0 amide bonds. The molecule has 3 heteroatoms. The minimum Gasteiger partial charge on any atom is -0.512 e. The second kappa shape index (κ2) is 5.57. The monoisotopic (exact) mass is 259 g/mol. The van der Waals surface area contributed by atoms with Gasteiger partial charge in [0.2, 0.25) is 0 Å². The molecule has 0 radical (unpaired) electrons. The Labute approximate surface area is 114 Å². The van der Waals surface area contributed by atoms with E-state index in [1.165, 1.54) is 6.08 Å². The molecule has 1 aromatic rings. The van der Waals surface area contributed by atoms with E-state index in [2.05, 4.69) is 12.2 Å². The van der Waals surface area contributed by atoms with Gasteiger partial charge in [-0.3, -0.25) is 4.79 Å². The molecule has 2 N–H and O–H groups in total. The Morgan fingerprint density at radius 1 is 1.42 bits per heavy atom. The highest BCUT2D eigenvalue weighted by atomic mass is 16.3. The van der Waals surface area contributed by atoms with Crippen molar-refractivity contribution in [3.05, 3.63) is 47.7 Å². The molecule has 1 fully saturated rings. The second-order valence-corrected chi connectivity index (χ2v) is 5.47. The molecule has 2 atom stereocenters. The van der Waals surface area contributed by atoms with Crippen LogP contribution in [-0.4, -0.2) is 23.0 Å². The number of rotatable bonds is 4. The van der Waals surface area contributed by atoms with E-state index in [0.717, 1.165) is 19.4 Å². The number of ketones is 1. The molecule has 0 spiro atoms. The average Bonchev–Trinajstić information content (AvgIpc) is 2.87. The van der Waals surface area contributed by atoms with Crippen molar-refractivity contribution in [1.29, 1.82) is 0 Å². The summed E-state index contributed by atoms with van der Waals surface area (Å²) in [6.07, 6.45) is 3.48. The Morgan fingerprint density at radius 2 is 2.11 bits per heavy atom. The van der Waals surface area contributed by atoms with Gasteiger partial charge < -0.3 is 10.4 Å². The summed E-state index contributed by atoms with van der Waals surface area (Å²) in [6.45, 7) is 5.03. The Balaban J connectivity index is 2.12. The Kier molecular flexibility index (Phi) is 4.05. The number of aliphatic hydroxyl groups excluding tert-OH is 1. The fourth-order valence-electron chi connectivity index (χ4n) is 2.56. The molecule has 1 aliphatic rings. The van der Waals surface area contributed by atoms with Crippen LogP contribution in [-0.2, 0) is 0 Å². The van der Waals surface area contributed by atoms with Crippen LogP contribution in [0.15, 0.2) is 42.2 Å². The topological polar surface area (TPSA) is 49.3 Å². The van der Waals surface area contributed by atoms with Crippen molar-refractivity contribution in [2.45, 2.75) is 32.2 Å². The maximum absolute atomic E-state index is 12.0. The number of hydrogen-bond donors (Lipinski definition) is 2. The third kappa shape index (κ3) is 3.04. The summed E-state index contributed by atoms with van der Waals surface area (Å²) in [5.74, 6) is -0.0556. The number of hydrogen-bond acceptors (Lipinski definition) is 3. The predicted octanol–water partition coefficient (Wildman–Crippen LogP) is 3.09. The van der Waals surface area contributed by atoms with Gasteiger partial charge in [0.25, 0.3) is 0 Å². The largest absolute Gasteiger partial charge is 0.512 e. The lowest BCUT2D eigenvalue weighted by atomic mass is 9.84. The standard InChI is InChI=1S/C16H21NO2/c1-12(16(2)9-6-10-17-16)14(18)11-15(19)13-7-4-3-5-8-13/h3-5,7-8,11-12,17-18H,6,9-10H2,1-2H3/b14-11-/t12?,16-/m1/s1. The lowest BCUT2D eigenvalue weighted by Crippen LogP contribution is -2.43. The lowest BCUT2D eigenvalue weighted by molar-refractivity contribution is 0.103. The van der Waals surface area contributed by atoms with Crippen molar-refractivity contribution in [2.75, 3.05) is 6.54 Å². The van der Waals surface area contributed by atoms with Crippen molar-refractivity contribution in [1.82, 2.24) is 5.32 Å². The molecule has 2 rings (SSSR count). The van der Waals surface area contributed by atoms with Gasteiger partial charge in [0.05, 0.1) is 0 Å². The Hall–Kier alpha value is -1.61. The quantitative estimate of drug-likeness (QED) is 0.496. The molecule has 0 aliphatic carbocycles. The minimum atomic E-state index is -0.147. The highest BCUT2D eigenvalue weighted by Gasteiger charge is 2.36. The average molecular weight is 259 g/mol. The van der Waals surface area contributed by atoms with Crippen LogP contribution in [0.5, 0.6) is 0 Å². The molecule has 0 bridgehead atoms.